The molecule has 3 aromatic rings. The maximum atomic E-state index is 13.3. The van der Waals surface area contributed by atoms with Crippen LogP contribution in [0.2, 0.25) is 0 Å². The molecule has 0 fully saturated rings. The lowest BCUT2D eigenvalue weighted by Crippen LogP contribution is -2.43. The highest BCUT2D eigenvalue weighted by Crippen LogP contribution is 2.38. The van der Waals surface area contributed by atoms with Crippen LogP contribution in [0.1, 0.15) is 34.8 Å². The van der Waals surface area contributed by atoms with Gasteiger partial charge in [0.2, 0.25) is 11.8 Å². The number of ether oxygens (including phenoxy) is 1. The van der Waals surface area contributed by atoms with E-state index < -0.39 is 0 Å². The first-order chi connectivity index (χ1) is 15.0. The molecule has 1 atom stereocenters. The molecule has 1 aliphatic rings. The zero-order chi connectivity index (χ0) is 21.8. The van der Waals surface area contributed by atoms with E-state index in [9.17, 15) is 9.59 Å². The van der Waals surface area contributed by atoms with Gasteiger partial charge in [-0.05, 0) is 62.1 Å². The Morgan fingerprint density at radius 3 is 2.74 bits per heavy atom. The van der Waals surface area contributed by atoms with Crippen LogP contribution in [0.25, 0.3) is 0 Å². The Morgan fingerprint density at radius 1 is 1.13 bits per heavy atom. The number of amides is 2. The first-order valence-electron chi connectivity index (χ1n) is 10.4. The van der Waals surface area contributed by atoms with Gasteiger partial charge in [0, 0.05) is 12.2 Å². The number of aryl methyl sites for hydroxylation is 2. The maximum absolute atomic E-state index is 13.3. The smallest absolute Gasteiger partial charge is 0.264 e. The summed E-state index contributed by atoms with van der Waals surface area (Å²) >= 11 is 0. The normalized spacial score (nSPS) is 13.5. The average molecular weight is 415 g/mol. The van der Waals surface area contributed by atoms with Crippen LogP contribution in [-0.4, -0.2) is 29.4 Å². The number of hydrogen-bond acceptors (Lipinski definition) is 4. The lowest BCUT2D eigenvalue weighted by atomic mass is 10.1. The highest BCUT2D eigenvalue weighted by molar-refractivity contribution is 6.11. The minimum absolute atomic E-state index is 0.0167. The molecule has 2 heterocycles. The van der Waals surface area contributed by atoms with E-state index >= 15 is 0 Å². The van der Waals surface area contributed by atoms with Crippen molar-refractivity contribution in [3.05, 3.63) is 83.6 Å². The van der Waals surface area contributed by atoms with Crippen molar-refractivity contribution in [3.8, 4) is 11.6 Å². The predicted molar refractivity (Wildman–Crippen MR) is 120 cm³/mol. The zero-order valence-electron chi connectivity index (χ0n) is 17.7. The van der Waals surface area contributed by atoms with Gasteiger partial charge in [-0.25, -0.2) is 4.98 Å². The first-order valence-corrected chi connectivity index (χ1v) is 10.4. The third-order valence-electron chi connectivity index (χ3n) is 5.28. The monoisotopic (exact) mass is 415 g/mol. The highest BCUT2D eigenvalue weighted by atomic mass is 16.5. The van der Waals surface area contributed by atoms with Gasteiger partial charge in [0.05, 0.1) is 5.69 Å². The van der Waals surface area contributed by atoms with Crippen LogP contribution < -0.4 is 15.0 Å². The molecule has 6 heteroatoms. The summed E-state index contributed by atoms with van der Waals surface area (Å²) in [6.45, 7) is 3.82. The van der Waals surface area contributed by atoms with Crippen molar-refractivity contribution in [3.63, 3.8) is 0 Å². The van der Waals surface area contributed by atoms with Crippen LogP contribution in [0, 0.1) is 6.92 Å². The van der Waals surface area contributed by atoms with Gasteiger partial charge in [-0.2, -0.15) is 0 Å². The Balaban J connectivity index is 1.50. The standard InChI is InChI=1S/C25H25N3O3/c1-17-10-13-22-21(15-17)28(25(30)20-9-6-14-26-24(20)31-22)16-23(29)27-18(2)11-12-19-7-4-3-5-8-19/h3-10,13-15,18H,11-12,16H2,1-2H3,(H,27,29)/t18-/m0/s1. The summed E-state index contributed by atoms with van der Waals surface area (Å²) in [5.41, 5.74) is 3.10. The number of carbonyl (C=O) groups is 2. The van der Waals surface area contributed by atoms with Crippen LogP contribution in [0.5, 0.6) is 11.6 Å². The van der Waals surface area contributed by atoms with Gasteiger partial charge in [-0.1, -0.05) is 36.4 Å². The summed E-state index contributed by atoms with van der Waals surface area (Å²) in [7, 11) is 0. The largest absolute Gasteiger partial charge is 0.436 e. The van der Waals surface area contributed by atoms with Gasteiger partial charge in [0.25, 0.3) is 5.91 Å². The van der Waals surface area contributed by atoms with Crippen molar-refractivity contribution >= 4 is 17.5 Å². The second kappa shape index (κ2) is 9.00. The summed E-state index contributed by atoms with van der Waals surface area (Å²) in [6, 6.07) is 19.1. The Kier molecular flexibility index (Phi) is 5.98. The molecule has 1 N–H and O–H groups in total. The Morgan fingerprint density at radius 2 is 1.94 bits per heavy atom. The van der Waals surface area contributed by atoms with Gasteiger partial charge in [0.15, 0.2) is 5.75 Å². The number of anilines is 1. The highest BCUT2D eigenvalue weighted by Gasteiger charge is 2.30. The molecule has 31 heavy (non-hydrogen) atoms. The molecule has 1 aliphatic heterocycles. The SMILES string of the molecule is Cc1ccc2c(c1)N(CC(=O)N[C@@H](C)CCc1ccccc1)C(=O)c1cccnc1O2. The molecule has 0 saturated carbocycles. The second-order valence-electron chi connectivity index (χ2n) is 7.81. The van der Waals surface area contributed by atoms with E-state index in [0.29, 0.717) is 17.0 Å². The summed E-state index contributed by atoms with van der Waals surface area (Å²) in [5.74, 6) is 0.228. The van der Waals surface area contributed by atoms with Crippen molar-refractivity contribution in [2.75, 3.05) is 11.4 Å². The number of carbonyl (C=O) groups excluding carboxylic acids is 2. The number of fused-ring (bicyclic) bond motifs is 2. The van der Waals surface area contributed by atoms with E-state index in [2.05, 4.69) is 22.4 Å². The predicted octanol–water partition coefficient (Wildman–Crippen LogP) is 4.28. The Labute approximate surface area is 181 Å². The molecule has 0 spiro atoms. The average Bonchev–Trinajstić information content (AvgIpc) is 2.88. The molecular weight excluding hydrogens is 390 g/mol. The second-order valence-corrected chi connectivity index (χ2v) is 7.81. The van der Waals surface area contributed by atoms with E-state index in [4.69, 9.17) is 4.74 Å². The molecule has 0 saturated heterocycles. The number of nitrogens with zero attached hydrogens (tertiary/aromatic N) is 2. The lowest BCUT2D eigenvalue weighted by Gasteiger charge is -2.23. The van der Waals surface area contributed by atoms with Crippen molar-refractivity contribution in [1.29, 1.82) is 0 Å². The van der Waals surface area contributed by atoms with Crippen molar-refractivity contribution in [2.45, 2.75) is 32.7 Å². The number of benzene rings is 2. The van der Waals surface area contributed by atoms with Crippen LogP contribution in [0.4, 0.5) is 5.69 Å². The molecule has 6 nitrogen and oxygen atoms in total. The lowest BCUT2D eigenvalue weighted by molar-refractivity contribution is -0.120. The molecule has 4 rings (SSSR count). The Hall–Kier alpha value is -3.67. The first kappa shape index (κ1) is 20.6. The molecule has 158 valence electrons. The third-order valence-corrected chi connectivity index (χ3v) is 5.28. The number of pyridine rings is 1. The van der Waals surface area contributed by atoms with Crippen LogP contribution in [0.3, 0.4) is 0 Å². The topological polar surface area (TPSA) is 71.5 Å². The molecular formula is C25H25N3O3. The van der Waals surface area contributed by atoms with Gasteiger partial charge in [-0.3, -0.25) is 14.5 Å². The molecule has 0 aliphatic carbocycles. The molecule has 1 aromatic heterocycles. The Bertz CT molecular complexity index is 1100. The van der Waals surface area contributed by atoms with Gasteiger partial charge in [0.1, 0.15) is 12.1 Å². The molecule has 2 amide bonds. The van der Waals surface area contributed by atoms with Crippen LogP contribution in [-0.2, 0) is 11.2 Å². The van der Waals surface area contributed by atoms with Crippen LogP contribution >= 0.6 is 0 Å². The summed E-state index contributed by atoms with van der Waals surface area (Å²) in [6.07, 6.45) is 3.27. The molecule has 2 aromatic carbocycles. The fourth-order valence-corrected chi connectivity index (χ4v) is 3.64. The van der Waals surface area contributed by atoms with Crippen molar-refractivity contribution in [2.24, 2.45) is 0 Å². The van der Waals surface area contributed by atoms with E-state index in [1.165, 1.54) is 10.5 Å². The zero-order valence-corrected chi connectivity index (χ0v) is 17.7. The third kappa shape index (κ3) is 4.74. The van der Waals surface area contributed by atoms with E-state index in [1.54, 1.807) is 24.4 Å². The molecule has 0 radical (unpaired) electrons. The number of hydrogen-bond donors (Lipinski definition) is 1. The van der Waals surface area contributed by atoms with Crippen molar-refractivity contribution in [1.82, 2.24) is 10.3 Å². The minimum atomic E-state index is -0.306. The van der Waals surface area contributed by atoms with Gasteiger partial charge >= 0.3 is 0 Å². The van der Waals surface area contributed by atoms with E-state index in [1.807, 2.05) is 44.2 Å². The fraction of sp³-hybridized carbons (Fsp3) is 0.240. The minimum Gasteiger partial charge on any atom is -0.436 e. The van der Waals surface area contributed by atoms with Gasteiger partial charge in [-0.15, -0.1) is 0 Å². The summed E-state index contributed by atoms with van der Waals surface area (Å²) in [5, 5.41) is 3.02. The fourth-order valence-electron chi connectivity index (χ4n) is 3.64. The van der Waals surface area contributed by atoms with E-state index in [-0.39, 0.29) is 30.3 Å². The maximum Gasteiger partial charge on any atom is 0.264 e. The molecule has 0 unspecified atom stereocenters. The summed E-state index contributed by atoms with van der Waals surface area (Å²) in [4.78, 5) is 31.8. The van der Waals surface area contributed by atoms with E-state index in [0.717, 1.165) is 18.4 Å². The quantitative estimate of drug-likeness (QED) is 0.652. The summed E-state index contributed by atoms with van der Waals surface area (Å²) < 4.78 is 5.90. The number of nitrogens with one attached hydrogen (secondary N) is 1. The van der Waals surface area contributed by atoms with Gasteiger partial charge < -0.3 is 10.1 Å². The molecule has 0 bridgehead atoms. The van der Waals surface area contributed by atoms with Crippen molar-refractivity contribution < 1.29 is 14.3 Å². The number of aromatic nitrogens is 1. The number of rotatable bonds is 6. The van der Waals surface area contributed by atoms with Crippen LogP contribution in [0.15, 0.2) is 66.9 Å².